The monoisotopic (exact) mass is 306 g/mol. The van der Waals surface area contributed by atoms with Crippen molar-refractivity contribution in [3.05, 3.63) is 0 Å². The molecular formula is C11H12B6O6. The molecule has 0 N–H and O–H groups in total. The molecule has 0 rings (SSSR count). The first-order chi connectivity index (χ1) is 10.2. The smallest absolute Gasteiger partial charge is 0.347 e. The Morgan fingerprint density at radius 1 is 1.04 bits per heavy atom. The maximum atomic E-state index is 12.1. The van der Waals surface area contributed by atoms with Crippen molar-refractivity contribution in [3.63, 3.8) is 0 Å². The molecule has 0 spiro atoms. The number of carbonyl (C=O) groups is 3. The minimum absolute atomic E-state index is 0.0655. The maximum Gasteiger partial charge on any atom is 0.347 e. The van der Waals surface area contributed by atoms with E-state index in [1.54, 1.807) is 6.92 Å². The van der Waals surface area contributed by atoms with Gasteiger partial charge in [0.25, 0.3) is 5.97 Å². The molecule has 6 nitrogen and oxygen atoms in total. The predicted octanol–water partition coefficient (Wildman–Crippen LogP) is -2.06. The summed E-state index contributed by atoms with van der Waals surface area (Å²) in [5.74, 6) is -3.20. The van der Waals surface area contributed by atoms with Crippen molar-refractivity contribution in [3.8, 4) is 0 Å². The molecule has 0 heterocycles. The molecule has 0 aliphatic rings. The van der Waals surface area contributed by atoms with Gasteiger partial charge >= 0.3 is 11.9 Å². The number of rotatable bonds is 7. The van der Waals surface area contributed by atoms with Gasteiger partial charge < -0.3 is 14.2 Å². The molecule has 0 aliphatic heterocycles. The lowest BCUT2D eigenvalue weighted by atomic mass is 9.21. The van der Waals surface area contributed by atoms with Crippen LogP contribution in [0.15, 0.2) is 0 Å². The Morgan fingerprint density at radius 2 is 1.52 bits per heavy atom. The Labute approximate surface area is 143 Å². The molecule has 1 atom stereocenters. The second kappa shape index (κ2) is 7.58. The van der Waals surface area contributed by atoms with Gasteiger partial charge in [0, 0.05) is 12.3 Å². The predicted molar refractivity (Wildman–Crippen MR) is 86.6 cm³/mol. The first kappa shape index (κ1) is 21.8. The van der Waals surface area contributed by atoms with Crippen molar-refractivity contribution in [2.45, 2.75) is 42.7 Å². The molecule has 0 aromatic heterocycles. The van der Waals surface area contributed by atoms with Crippen LogP contribution >= 0.6 is 0 Å². The van der Waals surface area contributed by atoms with Crippen LogP contribution < -0.4 is 0 Å². The summed E-state index contributed by atoms with van der Waals surface area (Å²) in [5.41, 5.74) is 0. The summed E-state index contributed by atoms with van der Waals surface area (Å²) in [4.78, 5) is 34.5. The lowest BCUT2D eigenvalue weighted by Gasteiger charge is -2.52. The summed E-state index contributed by atoms with van der Waals surface area (Å²) in [5, 5.41) is -7.95. The largest absolute Gasteiger partial charge is 0.481 e. The molecule has 0 aromatic carbocycles. The number of carbonyl (C=O) groups excluding carboxylic acids is 3. The Kier molecular flexibility index (Phi) is 7.18. The zero-order valence-electron chi connectivity index (χ0n) is 13.2. The van der Waals surface area contributed by atoms with Gasteiger partial charge in [-0.3, -0.25) is 9.59 Å². The number of ether oxygens (including phenoxy) is 3. The fourth-order valence-corrected chi connectivity index (χ4v) is 1.38. The van der Waals surface area contributed by atoms with Gasteiger partial charge in [-0.1, -0.05) is 5.21 Å². The van der Waals surface area contributed by atoms with E-state index in [0.29, 0.717) is 0 Å². The quantitative estimate of drug-likeness (QED) is 0.306. The van der Waals surface area contributed by atoms with Gasteiger partial charge in [-0.2, -0.15) is 0 Å². The molecule has 12 heteroatoms. The molecular weight excluding hydrogens is 293 g/mol. The highest BCUT2D eigenvalue weighted by molar-refractivity contribution is 6.65. The molecule has 0 fully saturated rings. The van der Waals surface area contributed by atoms with E-state index in [1.165, 1.54) is 6.92 Å². The van der Waals surface area contributed by atoms with Crippen LogP contribution in [0, 0.1) is 0 Å². The van der Waals surface area contributed by atoms with Crippen LogP contribution in [0.5, 0.6) is 0 Å². The van der Waals surface area contributed by atoms with E-state index in [0.717, 1.165) is 6.92 Å². The number of hydrogen-bond acceptors (Lipinski definition) is 6. The topological polar surface area (TPSA) is 78.9 Å². The highest BCUT2D eigenvalue weighted by Gasteiger charge is 2.51. The van der Waals surface area contributed by atoms with Crippen LogP contribution in [-0.2, 0) is 28.6 Å². The summed E-state index contributed by atoms with van der Waals surface area (Å²) in [6.07, 6.45) is -1.34. The van der Waals surface area contributed by atoms with Gasteiger partial charge in [-0.15, -0.1) is 0 Å². The molecule has 0 unspecified atom stereocenters. The van der Waals surface area contributed by atoms with E-state index in [1.807, 2.05) is 0 Å². The van der Waals surface area contributed by atoms with Crippen molar-refractivity contribution in [1.82, 2.24) is 0 Å². The second-order valence-electron chi connectivity index (χ2n) is 4.92. The average Bonchev–Trinajstić information content (AvgIpc) is 2.36. The first-order valence-corrected chi connectivity index (χ1v) is 6.51. The van der Waals surface area contributed by atoms with Crippen LogP contribution in [-0.4, -0.2) is 83.1 Å². The highest BCUT2D eigenvalue weighted by atomic mass is 16.6. The summed E-state index contributed by atoms with van der Waals surface area (Å²) in [7, 11) is 33.3. The lowest BCUT2D eigenvalue weighted by molar-refractivity contribution is -0.167. The third kappa shape index (κ3) is 4.88. The molecule has 0 bridgehead atoms. The molecule has 110 valence electrons. The average molecular weight is 305 g/mol. The van der Waals surface area contributed by atoms with Gasteiger partial charge in [0.05, 0.1) is 38.0 Å². The summed E-state index contributed by atoms with van der Waals surface area (Å²) in [6, 6.07) is 0. The Balaban J connectivity index is 5.32. The third-order valence-electron chi connectivity index (χ3n) is 2.88. The van der Waals surface area contributed by atoms with Crippen molar-refractivity contribution in [2.24, 2.45) is 0 Å². The standard InChI is InChI=1S/C11H12B6O6/c1-4-21-7(19)5(2)22-8(20)9(12,13)10(14,15)11(16,17)23-6(3)18/h5H,4H2,1-3H3/t5-/m0/s1. The van der Waals surface area contributed by atoms with Gasteiger partial charge in [0.1, 0.15) is 15.7 Å². The van der Waals surface area contributed by atoms with Crippen LogP contribution in [0.3, 0.4) is 0 Å². The number of esters is 3. The molecule has 23 heavy (non-hydrogen) atoms. The van der Waals surface area contributed by atoms with E-state index < -0.39 is 39.8 Å². The molecule has 0 aliphatic carbocycles. The molecule has 0 saturated heterocycles. The SMILES string of the molecule is [B]C([B])(OC(C)=O)C([B])([B])C([B])([B])C(=O)O[C@@H](C)C(=O)OCC. The fraction of sp³-hybridized carbons (Fsp3) is 0.727. The summed E-state index contributed by atoms with van der Waals surface area (Å²) < 4.78 is 13.9. The van der Waals surface area contributed by atoms with Gasteiger partial charge in [0.15, 0.2) is 6.10 Å². The maximum absolute atomic E-state index is 12.1. The molecule has 12 radical (unpaired) electrons. The van der Waals surface area contributed by atoms with E-state index in [4.69, 9.17) is 51.8 Å². The third-order valence-corrected chi connectivity index (χ3v) is 2.88. The highest BCUT2D eigenvalue weighted by Crippen LogP contribution is 2.49. The van der Waals surface area contributed by atoms with E-state index in [9.17, 15) is 14.4 Å². The zero-order valence-corrected chi connectivity index (χ0v) is 13.2. The lowest BCUT2D eigenvalue weighted by Crippen LogP contribution is -2.57. The van der Waals surface area contributed by atoms with Gasteiger partial charge in [-0.05, 0) is 19.1 Å². The molecule has 0 amide bonds. The van der Waals surface area contributed by atoms with Crippen molar-refractivity contribution in [1.29, 1.82) is 0 Å². The van der Waals surface area contributed by atoms with Gasteiger partial charge in [0.2, 0.25) is 0 Å². The van der Waals surface area contributed by atoms with Crippen molar-refractivity contribution < 1.29 is 28.6 Å². The Morgan fingerprint density at radius 3 is 1.91 bits per heavy atom. The Bertz CT molecular complexity index is 478. The van der Waals surface area contributed by atoms with E-state index in [2.05, 4.69) is 9.47 Å². The normalized spacial score (nSPS) is 13.7. The zero-order chi connectivity index (χ0) is 18.6. The van der Waals surface area contributed by atoms with Crippen molar-refractivity contribution >= 4 is 65.0 Å². The van der Waals surface area contributed by atoms with Crippen LogP contribution in [0.1, 0.15) is 20.8 Å². The minimum atomic E-state index is -2.70. The van der Waals surface area contributed by atoms with Crippen LogP contribution in [0.25, 0.3) is 0 Å². The van der Waals surface area contributed by atoms with Crippen molar-refractivity contribution in [2.75, 3.05) is 6.61 Å². The van der Waals surface area contributed by atoms with E-state index >= 15 is 0 Å². The first-order valence-electron chi connectivity index (χ1n) is 6.51. The summed E-state index contributed by atoms with van der Waals surface area (Å²) in [6.45, 7) is 3.81. The fourth-order valence-electron chi connectivity index (χ4n) is 1.38. The summed E-state index contributed by atoms with van der Waals surface area (Å²) >= 11 is 0. The van der Waals surface area contributed by atoms with E-state index in [-0.39, 0.29) is 6.61 Å². The minimum Gasteiger partial charge on any atom is -0.481 e. The molecule has 0 aromatic rings. The second-order valence-corrected chi connectivity index (χ2v) is 4.92. The number of hydrogen-bond donors (Lipinski definition) is 0. The Hall–Kier alpha value is -1.20. The van der Waals surface area contributed by atoms with Crippen LogP contribution in [0.2, 0.25) is 10.4 Å². The van der Waals surface area contributed by atoms with Crippen LogP contribution in [0.4, 0.5) is 0 Å². The van der Waals surface area contributed by atoms with Gasteiger partial charge in [-0.25, -0.2) is 4.79 Å². The molecule has 0 saturated carbocycles.